The molecular weight excluding hydrogens is 468 g/mol. The molecule has 1 aliphatic rings. The Morgan fingerprint density at radius 2 is 1.59 bits per heavy atom. The van der Waals surface area contributed by atoms with Gasteiger partial charge in [-0.1, -0.05) is 42.5 Å². The van der Waals surface area contributed by atoms with Gasteiger partial charge in [0.25, 0.3) is 5.91 Å². The average Bonchev–Trinajstić information content (AvgIpc) is 3.20. The van der Waals surface area contributed by atoms with Crippen molar-refractivity contribution < 1.29 is 19.1 Å². The van der Waals surface area contributed by atoms with Gasteiger partial charge >= 0.3 is 0 Å². The van der Waals surface area contributed by atoms with Gasteiger partial charge in [0.1, 0.15) is 23.1 Å². The number of benzene rings is 3. The van der Waals surface area contributed by atoms with Crippen LogP contribution in [0.5, 0.6) is 11.5 Å². The van der Waals surface area contributed by atoms with Gasteiger partial charge < -0.3 is 18.9 Å². The van der Waals surface area contributed by atoms with Crippen molar-refractivity contribution in [2.24, 2.45) is 0 Å². The van der Waals surface area contributed by atoms with Crippen LogP contribution < -0.4 is 9.47 Å². The lowest BCUT2D eigenvalue weighted by molar-refractivity contribution is 0.0758. The molecule has 1 aliphatic heterocycles. The number of rotatable bonds is 7. The molecule has 0 spiro atoms. The molecule has 0 unspecified atom stereocenters. The van der Waals surface area contributed by atoms with E-state index in [-0.39, 0.29) is 11.7 Å². The third-order valence-corrected chi connectivity index (χ3v) is 6.64. The molecular formula is C29H28N4O4. The molecule has 0 N–H and O–H groups in total. The van der Waals surface area contributed by atoms with Crippen LogP contribution in [0.3, 0.4) is 0 Å². The van der Waals surface area contributed by atoms with E-state index in [2.05, 4.69) is 26.9 Å². The standard InChI is InChI=1S/C29H28N4O4/c1-36-23-12-13-25(37-2)24(19-23)28(34)21-8-10-22(11-9-21)29(35)32-15-14-26-30-31-27(33(26)17-16-32)18-20-6-4-3-5-7-20/h3-13,19H,14-18H2,1-2H3. The Labute approximate surface area is 215 Å². The van der Waals surface area contributed by atoms with Crippen LogP contribution >= 0.6 is 0 Å². The molecule has 5 rings (SSSR count). The summed E-state index contributed by atoms with van der Waals surface area (Å²) in [4.78, 5) is 28.3. The van der Waals surface area contributed by atoms with Crippen LogP contribution in [0, 0.1) is 0 Å². The van der Waals surface area contributed by atoms with Crippen molar-refractivity contribution in [3.8, 4) is 11.5 Å². The van der Waals surface area contributed by atoms with Crippen molar-refractivity contribution in [2.45, 2.75) is 19.4 Å². The Balaban J connectivity index is 1.28. The molecule has 8 nitrogen and oxygen atoms in total. The highest BCUT2D eigenvalue weighted by atomic mass is 16.5. The predicted octanol–water partition coefficient (Wildman–Crippen LogP) is 3.82. The second-order valence-corrected chi connectivity index (χ2v) is 8.86. The van der Waals surface area contributed by atoms with Gasteiger partial charge in [-0.15, -0.1) is 10.2 Å². The maximum Gasteiger partial charge on any atom is 0.253 e. The summed E-state index contributed by atoms with van der Waals surface area (Å²) >= 11 is 0. The Kier molecular flexibility index (Phi) is 6.98. The van der Waals surface area contributed by atoms with Crippen molar-refractivity contribution in [2.75, 3.05) is 27.3 Å². The lowest BCUT2D eigenvalue weighted by atomic mass is 10.0. The first-order valence-electron chi connectivity index (χ1n) is 12.2. The second-order valence-electron chi connectivity index (χ2n) is 8.86. The fourth-order valence-electron chi connectivity index (χ4n) is 4.59. The van der Waals surface area contributed by atoms with E-state index in [1.165, 1.54) is 12.7 Å². The quantitative estimate of drug-likeness (QED) is 0.362. The van der Waals surface area contributed by atoms with Crippen molar-refractivity contribution in [3.63, 3.8) is 0 Å². The van der Waals surface area contributed by atoms with E-state index in [0.29, 0.717) is 60.7 Å². The van der Waals surface area contributed by atoms with E-state index in [1.54, 1.807) is 49.6 Å². The van der Waals surface area contributed by atoms with Crippen molar-refractivity contribution >= 4 is 11.7 Å². The number of nitrogens with zero attached hydrogens (tertiary/aromatic N) is 4. The van der Waals surface area contributed by atoms with Crippen LogP contribution in [-0.4, -0.2) is 58.7 Å². The van der Waals surface area contributed by atoms with Crippen LogP contribution in [0.25, 0.3) is 0 Å². The minimum atomic E-state index is -0.201. The summed E-state index contributed by atoms with van der Waals surface area (Å²) in [5.41, 5.74) is 2.59. The van der Waals surface area contributed by atoms with Crippen LogP contribution in [0.15, 0.2) is 72.8 Å². The van der Waals surface area contributed by atoms with Gasteiger partial charge in [-0.05, 0) is 35.9 Å². The summed E-state index contributed by atoms with van der Waals surface area (Å²) in [7, 11) is 3.07. The van der Waals surface area contributed by atoms with Crippen LogP contribution in [0.1, 0.15) is 43.5 Å². The number of carbonyl (C=O) groups excluding carboxylic acids is 2. The number of carbonyl (C=O) groups is 2. The van der Waals surface area contributed by atoms with Gasteiger partial charge in [-0.3, -0.25) is 9.59 Å². The Hall–Kier alpha value is -4.46. The van der Waals surface area contributed by atoms with E-state index in [1.807, 2.05) is 23.1 Å². The molecule has 8 heteroatoms. The largest absolute Gasteiger partial charge is 0.497 e. The van der Waals surface area contributed by atoms with Gasteiger partial charge in [0.05, 0.1) is 19.8 Å². The molecule has 0 atom stereocenters. The molecule has 0 saturated carbocycles. The Bertz CT molecular complexity index is 1410. The summed E-state index contributed by atoms with van der Waals surface area (Å²) in [5, 5.41) is 8.78. The maximum atomic E-state index is 13.3. The van der Waals surface area contributed by atoms with Gasteiger partial charge in [0.15, 0.2) is 5.78 Å². The molecule has 0 bridgehead atoms. The van der Waals surface area contributed by atoms with Crippen molar-refractivity contribution in [1.29, 1.82) is 0 Å². The Morgan fingerprint density at radius 3 is 2.32 bits per heavy atom. The minimum absolute atomic E-state index is 0.0683. The first-order valence-corrected chi connectivity index (χ1v) is 12.2. The highest BCUT2D eigenvalue weighted by molar-refractivity contribution is 6.11. The first kappa shape index (κ1) is 24.2. The number of hydrogen-bond donors (Lipinski definition) is 0. The molecule has 0 fully saturated rings. The van der Waals surface area contributed by atoms with Gasteiger partial charge in [-0.25, -0.2) is 0 Å². The molecule has 0 saturated heterocycles. The molecule has 4 aromatic rings. The van der Waals surface area contributed by atoms with Gasteiger partial charge in [0, 0.05) is 43.6 Å². The van der Waals surface area contributed by atoms with E-state index >= 15 is 0 Å². The lowest BCUT2D eigenvalue weighted by Gasteiger charge is -2.20. The third-order valence-electron chi connectivity index (χ3n) is 6.64. The molecule has 37 heavy (non-hydrogen) atoms. The highest BCUT2D eigenvalue weighted by Crippen LogP contribution is 2.26. The van der Waals surface area contributed by atoms with Crippen molar-refractivity contribution in [3.05, 3.63) is 107 Å². The fraction of sp³-hybridized carbons (Fsp3) is 0.241. The lowest BCUT2D eigenvalue weighted by Crippen LogP contribution is -2.33. The number of methoxy groups -OCH3 is 2. The fourth-order valence-corrected chi connectivity index (χ4v) is 4.59. The second kappa shape index (κ2) is 10.7. The van der Waals surface area contributed by atoms with E-state index in [4.69, 9.17) is 9.47 Å². The smallest absolute Gasteiger partial charge is 0.253 e. The number of amides is 1. The van der Waals surface area contributed by atoms with Gasteiger partial charge in [-0.2, -0.15) is 0 Å². The molecule has 188 valence electrons. The molecule has 1 aromatic heterocycles. The number of aromatic nitrogens is 3. The molecule has 1 amide bonds. The summed E-state index contributed by atoms with van der Waals surface area (Å²) in [6.07, 6.45) is 1.34. The SMILES string of the molecule is COc1ccc(OC)c(C(=O)c2ccc(C(=O)N3CCc4nnc(Cc5ccccc5)n4CC3)cc2)c1. The number of fused-ring (bicyclic) bond motifs is 1. The monoisotopic (exact) mass is 496 g/mol. The summed E-state index contributed by atoms with van der Waals surface area (Å²) in [6, 6.07) is 22.0. The molecule has 3 aromatic carbocycles. The van der Waals surface area contributed by atoms with E-state index in [9.17, 15) is 9.59 Å². The van der Waals surface area contributed by atoms with Gasteiger partial charge in [0.2, 0.25) is 0 Å². The zero-order valence-electron chi connectivity index (χ0n) is 20.9. The zero-order valence-corrected chi connectivity index (χ0v) is 20.9. The first-order chi connectivity index (χ1) is 18.1. The Morgan fingerprint density at radius 1 is 0.838 bits per heavy atom. The van der Waals surface area contributed by atoms with E-state index < -0.39 is 0 Å². The predicted molar refractivity (Wildman–Crippen MR) is 138 cm³/mol. The van der Waals surface area contributed by atoms with E-state index in [0.717, 1.165) is 11.6 Å². The van der Waals surface area contributed by atoms with Crippen LogP contribution in [0.2, 0.25) is 0 Å². The average molecular weight is 497 g/mol. The number of ether oxygens (including phenoxy) is 2. The topological polar surface area (TPSA) is 86.6 Å². The van der Waals surface area contributed by atoms with Crippen LogP contribution in [-0.2, 0) is 19.4 Å². The van der Waals surface area contributed by atoms with Crippen molar-refractivity contribution in [1.82, 2.24) is 19.7 Å². The minimum Gasteiger partial charge on any atom is -0.497 e. The summed E-state index contributed by atoms with van der Waals surface area (Å²) in [5.74, 6) is 2.57. The van der Waals surface area contributed by atoms with Crippen LogP contribution in [0.4, 0.5) is 0 Å². The highest BCUT2D eigenvalue weighted by Gasteiger charge is 2.23. The normalized spacial score (nSPS) is 13.0. The third kappa shape index (κ3) is 5.09. The molecule has 2 heterocycles. The number of ketones is 1. The summed E-state index contributed by atoms with van der Waals surface area (Å²) in [6.45, 7) is 1.76. The maximum absolute atomic E-state index is 13.3. The summed E-state index contributed by atoms with van der Waals surface area (Å²) < 4.78 is 12.7. The molecule has 0 aliphatic carbocycles. The molecule has 0 radical (unpaired) electrons. The zero-order chi connectivity index (χ0) is 25.8. The number of hydrogen-bond acceptors (Lipinski definition) is 6.